The highest BCUT2D eigenvalue weighted by atomic mass is 79.9. The molecule has 1 N–H and O–H groups in total. The zero-order chi connectivity index (χ0) is 13.7. The van der Waals surface area contributed by atoms with Crippen molar-refractivity contribution in [3.05, 3.63) is 34.6 Å². The molecule has 0 aliphatic carbocycles. The Morgan fingerprint density at radius 3 is 2.67 bits per heavy atom. The average molecular weight is 337 g/mol. The number of rotatable bonds is 5. The second-order valence-electron chi connectivity index (χ2n) is 4.43. The maximum atomic E-state index is 13.3. The molecule has 1 rings (SSSR count). The van der Waals surface area contributed by atoms with Gasteiger partial charge >= 0.3 is 0 Å². The Morgan fingerprint density at radius 1 is 1.50 bits per heavy atom. The molecule has 0 aliphatic heterocycles. The third kappa shape index (κ3) is 4.25. The summed E-state index contributed by atoms with van der Waals surface area (Å²) < 4.78 is 13.3. The van der Waals surface area contributed by atoms with Gasteiger partial charge in [0.2, 0.25) is 0 Å². The van der Waals surface area contributed by atoms with E-state index >= 15 is 0 Å². The lowest BCUT2D eigenvalue weighted by atomic mass is 10.0. The van der Waals surface area contributed by atoms with Gasteiger partial charge in [-0.15, -0.1) is 0 Å². The van der Waals surface area contributed by atoms with E-state index in [-0.39, 0.29) is 22.5 Å². The molecule has 0 heterocycles. The van der Waals surface area contributed by atoms with Crippen LogP contribution in [0.3, 0.4) is 0 Å². The van der Waals surface area contributed by atoms with Crippen LogP contribution in [0.2, 0.25) is 5.02 Å². The standard InChI is InChI=1S/C13H16BrClFNO/c1-8(2)12(5-6-14)17-13(18)9-3-4-10(15)11(16)7-9/h3-4,7-8,12H,5-6H2,1-2H3,(H,17,18). The van der Waals surface area contributed by atoms with Crippen LogP contribution in [-0.4, -0.2) is 17.3 Å². The van der Waals surface area contributed by atoms with Crippen LogP contribution in [-0.2, 0) is 0 Å². The minimum absolute atomic E-state index is 0.0208. The Balaban J connectivity index is 2.77. The molecule has 0 saturated heterocycles. The Bertz CT molecular complexity index is 425. The second-order valence-corrected chi connectivity index (χ2v) is 5.63. The monoisotopic (exact) mass is 335 g/mol. The normalized spacial score (nSPS) is 12.6. The predicted molar refractivity (Wildman–Crippen MR) is 75.9 cm³/mol. The van der Waals surface area contributed by atoms with Crippen LogP contribution in [0.1, 0.15) is 30.6 Å². The highest BCUT2D eigenvalue weighted by Gasteiger charge is 2.17. The number of hydrogen-bond acceptors (Lipinski definition) is 1. The maximum absolute atomic E-state index is 13.3. The van der Waals surface area contributed by atoms with Gasteiger partial charge in [0.15, 0.2) is 0 Å². The van der Waals surface area contributed by atoms with Crippen LogP contribution in [0.4, 0.5) is 4.39 Å². The van der Waals surface area contributed by atoms with Gasteiger partial charge in [-0.1, -0.05) is 41.4 Å². The van der Waals surface area contributed by atoms with Gasteiger partial charge in [0, 0.05) is 16.9 Å². The SMILES string of the molecule is CC(C)C(CCBr)NC(=O)c1ccc(Cl)c(F)c1. The van der Waals surface area contributed by atoms with Gasteiger partial charge < -0.3 is 5.32 Å². The van der Waals surface area contributed by atoms with Crippen molar-refractivity contribution in [2.45, 2.75) is 26.3 Å². The maximum Gasteiger partial charge on any atom is 0.251 e. The molecule has 0 spiro atoms. The van der Waals surface area contributed by atoms with Gasteiger partial charge in [-0.3, -0.25) is 4.79 Å². The van der Waals surface area contributed by atoms with Crippen molar-refractivity contribution in [2.24, 2.45) is 5.92 Å². The van der Waals surface area contributed by atoms with Crippen molar-refractivity contribution < 1.29 is 9.18 Å². The number of halogens is 3. The summed E-state index contributed by atoms with van der Waals surface area (Å²) in [6.07, 6.45) is 0.833. The molecule has 1 atom stereocenters. The minimum Gasteiger partial charge on any atom is -0.349 e. The van der Waals surface area contributed by atoms with Gasteiger partial charge in [0.1, 0.15) is 5.82 Å². The first-order valence-corrected chi connectivity index (χ1v) is 7.27. The van der Waals surface area contributed by atoms with Crippen LogP contribution < -0.4 is 5.32 Å². The van der Waals surface area contributed by atoms with Crippen LogP contribution in [0, 0.1) is 11.7 Å². The van der Waals surface area contributed by atoms with E-state index in [4.69, 9.17) is 11.6 Å². The summed E-state index contributed by atoms with van der Waals surface area (Å²) in [5.74, 6) is -0.528. The first-order chi connectivity index (χ1) is 8.45. The number of hydrogen-bond donors (Lipinski definition) is 1. The molecule has 0 fully saturated rings. The smallest absolute Gasteiger partial charge is 0.251 e. The Morgan fingerprint density at radius 2 is 2.17 bits per heavy atom. The molecular weight excluding hydrogens is 321 g/mol. The number of carbonyl (C=O) groups is 1. The summed E-state index contributed by atoms with van der Waals surface area (Å²) in [6, 6.07) is 4.13. The van der Waals surface area contributed by atoms with E-state index in [9.17, 15) is 9.18 Å². The largest absolute Gasteiger partial charge is 0.349 e. The van der Waals surface area contributed by atoms with Gasteiger partial charge in [0.25, 0.3) is 5.91 Å². The molecule has 1 amide bonds. The van der Waals surface area contributed by atoms with Crippen molar-refractivity contribution in [2.75, 3.05) is 5.33 Å². The zero-order valence-corrected chi connectivity index (χ0v) is 12.7. The minimum atomic E-state index is -0.578. The van der Waals surface area contributed by atoms with Crippen molar-refractivity contribution in [3.63, 3.8) is 0 Å². The van der Waals surface area contributed by atoms with Gasteiger partial charge in [-0.05, 0) is 30.5 Å². The van der Waals surface area contributed by atoms with Crippen molar-refractivity contribution in [3.8, 4) is 0 Å². The lowest BCUT2D eigenvalue weighted by Gasteiger charge is -2.21. The van der Waals surface area contributed by atoms with Crippen molar-refractivity contribution in [1.29, 1.82) is 0 Å². The highest BCUT2D eigenvalue weighted by molar-refractivity contribution is 9.09. The van der Waals surface area contributed by atoms with Crippen LogP contribution in [0.25, 0.3) is 0 Å². The zero-order valence-electron chi connectivity index (χ0n) is 10.3. The summed E-state index contributed by atoms with van der Waals surface area (Å²) in [7, 11) is 0. The molecule has 18 heavy (non-hydrogen) atoms. The number of alkyl halides is 1. The highest BCUT2D eigenvalue weighted by Crippen LogP contribution is 2.16. The average Bonchev–Trinajstić information content (AvgIpc) is 2.31. The van der Waals surface area contributed by atoms with Gasteiger partial charge in [-0.25, -0.2) is 4.39 Å². The Kier molecular flexibility index (Phi) is 6.09. The molecule has 2 nitrogen and oxygen atoms in total. The lowest BCUT2D eigenvalue weighted by Crippen LogP contribution is -2.38. The van der Waals surface area contributed by atoms with Gasteiger partial charge in [-0.2, -0.15) is 0 Å². The van der Waals surface area contributed by atoms with E-state index < -0.39 is 5.82 Å². The van der Waals surface area contributed by atoms with E-state index in [1.807, 2.05) is 13.8 Å². The molecule has 0 radical (unpaired) electrons. The topological polar surface area (TPSA) is 29.1 Å². The third-order valence-corrected chi connectivity index (χ3v) is 3.49. The fraction of sp³-hybridized carbons (Fsp3) is 0.462. The Labute approximate surface area is 120 Å². The Hall–Kier alpha value is -0.610. The quantitative estimate of drug-likeness (QED) is 0.809. The van der Waals surface area contributed by atoms with E-state index in [0.717, 1.165) is 17.8 Å². The fourth-order valence-electron chi connectivity index (χ4n) is 1.58. The molecule has 1 aromatic carbocycles. The number of carbonyl (C=O) groups excluding carboxylic acids is 1. The van der Waals surface area contributed by atoms with E-state index in [1.54, 1.807) is 0 Å². The summed E-state index contributed by atoms with van der Waals surface area (Å²) in [5.41, 5.74) is 0.289. The van der Waals surface area contributed by atoms with Crippen molar-refractivity contribution in [1.82, 2.24) is 5.32 Å². The van der Waals surface area contributed by atoms with E-state index in [2.05, 4.69) is 21.2 Å². The molecule has 0 bridgehead atoms. The number of amides is 1. The molecule has 1 unspecified atom stereocenters. The lowest BCUT2D eigenvalue weighted by molar-refractivity contribution is 0.0924. The van der Waals surface area contributed by atoms with Crippen LogP contribution in [0.15, 0.2) is 18.2 Å². The summed E-state index contributed by atoms with van der Waals surface area (Å²) in [6.45, 7) is 4.08. The van der Waals surface area contributed by atoms with Crippen LogP contribution in [0.5, 0.6) is 0 Å². The number of benzene rings is 1. The molecule has 1 aromatic rings. The van der Waals surface area contributed by atoms with E-state index in [0.29, 0.717) is 5.92 Å². The molecule has 0 aliphatic rings. The van der Waals surface area contributed by atoms with Gasteiger partial charge in [0.05, 0.1) is 5.02 Å². The first kappa shape index (κ1) is 15.4. The number of nitrogens with one attached hydrogen (secondary N) is 1. The summed E-state index contributed by atoms with van der Waals surface area (Å²) >= 11 is 8.94. The molecule has 0 aromatic heterocycles. The third-order valence-electron chi connectivity index (χ3n) is 2.72. The summed E-state index contributed by atoms with van der Waals surface area (Å²) in [5, 5.41) is 3.73. The molecule has 5 heteroatoms. The fourth-order valence-corrected chi connectivity index (χ4v) is 2.19. The summed E-state index contributed by atoms with van der Waals surface area (Å²) in [4.78, 5) is 12.0. The molecule has 100 valence electrons. The van der Waals surface area contributed by atoms with Crippen molar-refractivity contribution >= 4 is 33.4 Å². The first-order valence-electron chi connectivity index (χ1n) is 5.77. The molecule has 0 saturated carbocycles. The van der Waals surface area contributed by atoms with E-state index in [1.165, 1.54) is 12.1 Å². The predicted octanol–water partition coefficient (Wildman–Crippen LogP) is 4.02. The molecular formula is C13H16BrClFNO. The van der Waals surface area contributed by atoms with Crippen LogP contribution >= 0.6 is 27.5 Å². The second kappa shape index (κ2) is 7.10.